The SMILES string of the molecule is CC.CC.CC.CC.CCCCCCC(=O)NC(C)C(C)C.CCc1ccc(NC(=O)CNC=O)cc1.O=C/C=C\C=O. The van der Waals surface area contributed by atoms with Crippen molar-refractivity contribution in [3.63, 3.8) is 0 Å². The van der Waals surface area contributed by atoms with E-state index in [1.807, 2.05) is 79.7 Å². The molecule has 3 amide bonds. The minimum Gasteiger partial charge on any atom is -0.353 e. The third-order valence-corrected chi connectivity index (χ3v) is 4.91. The smallest absolute Gasteiger partial charge is 0.243 e. The van der Waals surface area contributed by atoms with Crippen LogP contribution in [-0.2, 0) is 30.4 Å². The largest absolute Gasteiger partial charge is 0.353 e. The van der Waals surface area contributed by atoms with Gasteiger partial charge in [0.15, 0.2) is 0 Å². The minimum atomic E-state index is -0.230. The summed E-state index contributed by atoms with van der Waals surface area (Å²) in [5.41, 5.74) is 1.96. The quantitative estimate of drug-likeness (QED) is 0.112. The van der Waals surface area contributed by atoms with Crippen molar-refractivity contribution in [2.75, 3.05) is 11.9 Å². The molecular weight excluding hydrogens is 542 g/mol. The van der Waals surface area contributed by atoms with Crippen LogP contribution in [0.15, 0.2) is 36.4 Å². The maximum absolute atomic E-state index is 11.4. The molecule has 1 aromatic rings. The zero-order chi connectivity index (χ0) is 34.9. The van der Waals surface area contributed by atoms with Crippen molar-refractivity contribution in [3.8, 4) is 0 Å². The van der Waals surface area contributed by atoms with Crippen LogP contribution < -0.4 is 16.0 Å². The Morgan fingerprint density at radius 1 is 0.721 bits per heavy atom. The van der Waals surface area contributed by atoms with Gasteiger partial charge in [-0.25, -0.2) is 0 Å². The molecule has 0 heterocycles. The van der Waals surface area contributed by atoms with Gasteiger partial charge in [-0.1, -0.05) is 114 Å². The molecule has 8 nitrogen and oxygen atoms in total. The second kappa shape index (κ2) is 48.4. The molecule has 1 unspecified atom stereocenters. The van der Waals surface area contributed by atoms with Gasteiger partial charge in [-0.2, -0.15) is 0 Å². The minimum absolute atomic E-state index is 0.000963. The van der Waals surface area contributed by atoms with Crippen molar-refractivity contribution in [3.05, 3.63) is 42.0 Å². The number of benzene rings is 1. The Hall–Kier alpha value is -3.29. The van der Waals surface area contributed by atoms with Gasteiger partial charge in [0.2, 0.25) is 18.2 Å². The van der Waals surface area contributed by atoms with E-state index in [0.29, 0.717) is 37.4 Å². The number of rotatable bonds is 14. The first-order chi connectivity index (χ1) is 20.7. The molecule has 0 aliphatic rings. The maximum Gasteiger partial charge on any atom is 0.243 e. The summed E-state index contributed by atoms with van der Waals surface area (Å²) < 4.78 is 0. The number of unbranched alkanes of at least 4 members (excludes halogenated alkanes) is 3. The number of hydrogen-bond donors (Lipinski definition) is 3. The van der Waals surface area contributed by atoms with Gasteiger partial charge in [-0.15, -0.1) is 0 Å². The molecule has 0 aliphatic heterocycles. The Bertz CT molecular complexity index is 738. The highest BCUT2D eigenvalue weighted by molar-refractivity contribution is 5.93. The van der Waals surface area contributed by atoms with Gasteiger partial charge in [-0.05, 0) is 55.5 Å². The number of hydrogen-bond acceptors (Lipinski definition) is 5. The van der Waals surface area contributed by atoms with Gasteiger partial charge in [0.25, 0.3) is 0 Å². The van der Waals surface area contributed by atoms with Crippen LogP contribution in [0, 0.1) is 5.92 Å². The summed E-state index contributed by atoms with van der Waals surface area (Å²) in [7, 11) is 0. The molecule has 252 valence electrons. The average molecular weight is 610 g/mol. The number of carbonyl (C=O) groups is 5. The van der Waals surface area contributed by atoms with Crippen LogP contribution in [0.2, 0.25) is 0 Å². The van der Waals surface area contributed by atoms with Crippen LogP contribution >= 0.6 is 0 Å². The number of anilines is 1. The van der Waals surface area contributed by atoms with Crippen molar-refractivity contribution in [1.29, 1.82) is 0 Å². The Kier molecular flexibility index (Phi) is 59.0. The van der Waals surface area contributed by atoms with Gasteiger partial charge in [0.1, 0.15) is 12.6 Å². The topological polar surface area (TPSA) is 121 Å². The van der Waals surface area contributed by atoms with Gasteiger partial charge < -0.3 is 16.0 Å². The summed E-state index contributed by atoms with van der Waals surface area (Å²) in [4.78, 5) is 51.2. The molecule has 8 heteroatoms. The molecule has 0 aliphatic carbocycles. The summed E-state index contributed by atoms with van der Waals surface area (Å²) in [6, 6.07) is 7.91. The Morgan fingerprint density at radius 2 is 1.21 bits per heavy atom. The van der Waals surface area contributed by atoms with Gasteiger partial charge in [0, 0.05) is 18.2 Å². The van der Waals surface area contributed by atoms with E-state index in [0.717, 1.165) is 30.7 Å². The predicted molar refractivity (Wildman–Crippen MR) is 186 cm³/mol. The number of allylic oxidation sites excluding steroid dienone is 2. The second-order valence-electron chi connectivity index (χ2n) is 8.17. The summed E-state index contributed by atoms with van der Waals surface area (Å²) in [6.45, 7) is 26.6. The second-order valence-corrected chi connectivity index (χ2v) is 8.17. The predicted octanol–water partition coefficient (Wildman–Crippen LogP) is 8.10. The van der Waals surface area contributed by atoms with Crippen molar-refractivity contribution in [1.82, 2.24) is 10.6 Å². The first-order valence-corrected chi connectivity index (χ1v) is 16.2. The van der Waals surface area contributed by atoms with Crippen LogP contribution in [-0.4, -0.2) is 43.4 Å². The fraction of sp³-hybridized carbons (Fsp3) is 0.629. The number of carbonyl (C=O) groups excluding carboxylic acids is 5. The molecule has 43 heavy (non-hydrogen) atoms. The monoisotopic (exact) mass is 610 g/mol. The van der Waals surface area contributed by atoms with E-state index in [1.54, 1.807) is 0 Å². The number of aldehydes is 2. The molecule has 0 bridgehead atoms. The Morgan fingerprint density at radius 3 is 1.58 bits per heavy atom. The fourth-order valence-electron chi connectivity index (χ4n) is 2.46. The number of amides is 3. The lowest BCUT2D eigenvalue weighted by Crippen LogP contribution is -2.35. The molecular formula is C35H67N3O5. The van der Waals surface area contributed by atoms with Crippen LogP contribution in [0.5, 0.6) is 0 Å². The van der Waals surface area contributed by atoms with E-state index in [4.69, 9.17) is 0 Å². The highest BCUT2D eigenvalue weighted by atomic mass is 16.2. The van der Waals surface area contributed by atoms with E-state index < -0.39 is 0 Å². The van der Waals surface area contributed by atoms with Crippen LogP contribution in [0.1, 0.15) is 128 Å². The van der Waals surface area contributed by atoms with Gasteiger partial charge >= 0.3 is 0 Å². The molecule has 1 aromatic carbocycles. The van der Waals surface area contributed by atoms with Crippen molar-refractivity contribution >= 4 is 36.5 Å². The molecule has 3 N–H and O–H groups in total. The lowest BCUT2D eigenvalue weighted by molar-refractivity contribution is -0.122. The van der Waals surface area contributed by atoms with Crippen LogP contribution in [0.25, 0.3) is 0 Å². The van der Waals surface area contributed by atoms with Crippen molar-refractivity contribution < 1.29 is 24.0 Å². The third-order valence-electron chi connectivity index (χ3n) is 4.91. The van der Waals surface area contributed by atoms with Gasteiger partial charge in [-0.3, -0.25) is 24.0 Å². The van der Waals surface area contributed by atoms with Crippen LogP contribution in [0.3, 0.4) is 0 Å². The fourth-order valence-corrected chi connectivity index (χ4v) is 2.46. The van der Waals surface area contributed by atoms with Crippen LogP contribution in [0.4, 0.5) is 5.69 Å². The molecule has 1 atom stereocenters. The molecule has 0 spiro atoms. The molecule has 0 saturated carbocycles. The normalized spacial score (nSPS) is 9.26. The summed E-state index contributed by atoms with van der Waals surface area (Å²) in [5.74, 6) is 0.503. The van der Waals surface area contributed by atoms with E-state index in [9.17, 15) is 24.0 Å². The summed E-state index contributed by atoms with van der Waals surface area (Å²) in [6.07, 6.45) is 10.2. The van der Waals surface area contributed by atoms with E-state index in [2.05, 4.69) is 50.6 Å². The van der Waals surface area contributed by atoms with E-state index in [1.165, 1.54) is 24.8 Å². The molecule has 0 aromatic heterocycles. The van der Waals surface area contributed by atoms with Gasteiger partial charge in [0.05, 0.1) is 6.54 Å². The maximum atomic E-state index is 11.4. The zero-order valence-corrected chi connectivity index (χ0v) is 29.8. The molecule has 0 radical (unpaired) electrons. The zero-order valence-electron chi connectivity index (χ0n) is 29.8. The number of aryl methyl sites for hydroxylation is 1. The lowest BCUT2D eigenvalue weighted by Gasteiger charge is -2.17. The Balaban J connectivity index is -0.000000113. The Labute approximate surface area is 265 Å². The van der Waals surface area contributed by atoms with Crippen molar-refractivity contribution in [2.45, 2.75) is 135 Å². The molecule has 0 fully saturated rings. The van der Waals surface area contributed by atoms with E-state index >= 15 is 0 Å². The average Bonchev–Trinajstić information content (AvgIpc) is 3.05. The highest BCUT2D eigenvalue weighted by Crippen LogP contribution is 2.09. The first-order valence-electron chi connectivity index (χ1n) is 16.2. The highest BCUT2D eigenvalue weighted by Gasteiger charge is 2.09. The first kappa shape index (κ1) is 52.4. The number of nitrogens with one attached hydrogen (secondary N) is 3. The standard InChI is InChI=1S/C12H25NO.C11H14N2O2.C4H4O2.4C2H6/c1-5-6-7-8-9-12(14)13-11(4)10(2)3;1-2-9-3-5-10(6-4-9)13-11(15)7-12-8-14;5-3-1-2-4-6;4*1-2/h10-11H,5-9H2,1-4H3,(H,13,14);3-6,8H,2,7H2,1H3,(H,12,14)(H,13,15);1-4H;4*1-2H3/b;;2-1-;;;;. The summed E-state index contributed by atoms with van der Waals surface area (Å²) >= 11 is 0. The summed E-state index contributed by atoms with van der Waals surface area (Å²) in [5, 5.41) is 7.98. The van der Waals surface area contributed by atoms with E-state index in [-0.39, 0.29) is 18.4 Å². The third kappa shape index (κ3) is 45.9. The molecule has 0 saturated heterocycles. The lowest BCUT2D eigenvalue weighted by atomic mass is 10.1. The van der Waals surface area contributed by atoms with Crippen molar-refractivity contribution in [2.24, 2.45) is 5.92 Å². The molecule has 1 rings (SSSR count).